The normalized spacial score (nSPS) is 23.0. The molecule has 1 saturated heterocycles. The summed E-state index contributed by atoms with van der Waals surface area (Å²) in [5, 5.41) is 12.0. The van der Waals surface area contributed by atoms with Crippen molar-refractivity contribution in [3.8, 4) is 0 Å². The van der Waals surface area contributed by atoms with Crippen LogP contribution < -0.4 is 5.56 Å². The van der Waals surface area contributed by atoms with Gasteiger partial charge in [-0.15, -0.1) is 0 Å². The molecule has 2 aromatic rings. The number of nitrogens with one attached hydrogen (secondary N) is 1. The number of aromatic nitrogens is 1. The number of nitrogens with zero attached hydrogens (tertiary/aromatic N) is 1. The smallest absolute Gasteiger partial charge is 0.256 e. The van der Waals surface area contributed by atoms with E-state index in [1.807, 2.05) is 32.0 Å². The molecule has 3 rings (SSSR count). The molecule has 1 aromatic carbocycles. The first kappa shape index (κ1) is 14.3. The maximum absolute atomic E-state index is 12.2. The van der Waals surface area contributed by atoms with Gasteiger partial charge in [0.25, 0.3) is 5.56 Å². The van der Waals surface area contributed by atoms with Crippen molar-refractivity contribution in [1.29, 1.82) is 0 Å². The van der Waals surface area contributed by atoms with Crippen LogP contribution in [0.3, 0.4) is 0 Å². The lowest BCUT2D eigenvalue weighted by molar-refractivity contribution is -0.0633. The molecule has 0 amide bonds. The average Bonchev–Trinajstić information content (AvgIpc) is 2.77. The molecule has 0 saturated carbocycles. The summed E-state index contributed by atoms with van der Waals surface area (Å²) in [6, 6.07) is 7.86. The molecule has 4 heteroatoms. The quantitative estimate of drug-likeness (QED) is 0.909. The number of fused-ring (bicyclic) bond motifs is 1. The molecule has 0 aliphatic carbocycles. The van der Waals surface area contributed by atoms with E-state index in [9.17, 15) is 9.90 Å². The summed E-state index contributed by atoms with van der Waals surface area (Å²) < 4.78 is 0. The van der Waals surface area contributed by atoms with Crippen LogP contribution >= 0.6 is 0 Å². The third kappa shape index (κ3) is 2.74. The van der Waals surface area contributed by atoms with Crippen molar-refractivity contribution in [3.05, 3.63) is 45.9 Å². The molecule has 0 bridgehead atoms. The van der Waals surface area contributed by atoms with Crippen LogP contribution in [0.25, 0.3) is 10.8 Å². The molecule has 21 heavy (non-hydrogen) atoms. The average molecular weight is 286 g/mol. The third-order valence-electron chi connectivity index (χ3n) is 4.57. The number of pyridine rings is 1. The fourth-order valence-corrected chi connectivity index (χ4v) is 3.24. The number of aromatic amines is 1. The summed E-state index contributed by atoms with van der Waals surface area (Å²) in [4.78, 5) is 17.2. The van der Waals surface area contributed by atoms with Gasteiger partial charge >= 0.3 is 0 Å². The summed E-state index contributed by atoms with van der Waals surface area (Å²) in [5.41, 5.74) is 1.32. The number of hydrogen-bond acceptors (Lipinski definition) is 3. The molecule has 2 N–H and O–H groups in total. The minimum atomic E-state index is -0.701. The molecule has 1 fully saturated rings. The number of aliphatic hydroxyl groups is 1. The molecular weight excluding hydrogens is 264 g/mol. The van der Waals surface area contributed by atoms with Crippen LogP contribution in [0.5, 0.6) is 0 Å². The number of H-pyrrole nitrogens is 1. The second-order valence-corrected chi connectivity index (χ2v) is 6.22. The Balaban J connectivity index is 1.85. The Labute approximate surface area is 124 Å². The minimum Gasteiger partial charge on any atom is -0.376 e. The second-order valence-electron chi connectivity index (χ2n) is 6.22. The summed E-state index contributed by atoms with van der Waals surface area (Å²) in [6.45, 7) is 5.58. The predicted molar refractivity (Wildman–Crippen MR) is 84.4 cm³/mol. The van der Waals surface area contributed by atoms with Crippen LogP contribution in [-0.4, -0.2) is 33.8 Å². The fraction of sp³-hybridized carbons (Fsp3) is 0.471. The van der Waals surface area contributed by atoms with Crippen molar-refractivity contribution in [2.24, 2.45) is 0 Å². The summed E-state index contributed by atoms with van der Waals surface area (Å²) in [6.07, 6.45) is 2.59. The van der Waals surface area contributed by atoms with Crippen LogP contribution in [0.4, 0.5) is 0 Å². The highest BCUT2D eigenvalue weighted by molar-refractivity contribution is 5.84. The maximum Gasteiger partial charge on any atom is 0.256 e. The molecule has 2 heterocycles. The van der Waals surface area contributed by atoms with Crippen LogP contribution in [0.1, 0.15) is 31.0 Å². The first-order valence-electron chi connectivity index (χ1n) is 7.56. The topological polar surface area (TPSA) is 56.3 Å². The fourth-order valence-electron chi connectivity index (χ4n) is 3.24. The Morgan fingerprint density at radius 3 is 2.90 bits per heavy atom. The van der Waals surface area contributed by atoms with Gasteiger partial charge in [-0.3, -0.25) is 9.69 Å². The molecule has 0 radical (unpaired) electrons. The Hall–Kier alpha value is -1.65. The standard InChI is InChI=1S/C17H22N2O2/c1-12-5-3-6-14-15(12)11-13(18-16(14)20)7-10-19-9-4-8-17(19,2)21/h3,5-6,11,21H,4,7-10H2,1-2H3,(H,18,20). The monoisotopic (exact) mass is 286 g/mol. The lowest BCUT2D eigenvalue weighted by atomic mass is 10.1. The zero-order chi connectivity index (χ0) is 15.0. The van der Waals surface area contributed by atoms with Gasteiger partial charge in [-0.1, -0.05) is 12.1 Å². The summed E-state index contributed by atoms with van der Waals surface area (Å²) >= 11 is 0. The Morgan fingerprint density at radius 1 is 1.38 bits per heavy atom. The number of likely N-dealkylation sites (tertiary alicyclic amines) is 1. The SMILES string of the molecule is Cc1cccc2c(=O)[nH]c(CCN3CCCC3(C)O)cc12. The largest absolute Gasteiger partial charge is 0.376 e. The lowest BCUT2D eigenvalue weighted by Crippen LogP contribution is -2.42. The van der Waals surface area contributed by atoms with Crippen LogP contribution in [0.2, 0.25) is 0 Å². The van der Waals surface area contributed by atoms with Gasteiger partial charge in [0, 0.05) is 30.6 Å². The van der Waals surface area contributed by atoms with Gasteiger partial charge in [0.15, 0.2) is 0 Å². The van der Waals surface area contributed by atoms with E-state index < -0.39 is 5.72 Å². The molecule has 4 nitrogen and oxygen atoms in total. The van der Waals surface area contributed by atoms with Crippen molar-refractivity contribution in [3.63, 3.8) is 0 Å². The van der Waals surface area contributed by atoms with Crippen molar-refractivity contribution in [2.45, 2.75) is 38.8 Å². The highest BCUT2D eigenvalue weighted by Crippen LogP contribution is 2.26. The van der Waals surface area contributed by atoms with Gasteiger partial charge in [-0.05, 0) is 49.8 Å². The van der Waals surface area contributed by atoms with Crippen molar-refractivity contribution in [2.75, 3.05) is 13.1 Å². The number of rotatable bonds is 3. The molecule has 1 aliphatic rings. The van der Waals surface area contributed by atoms with E-state index >= 15 is 0 Å². The molecule has 112 valence electrons. The van der Waals surface area contributed by atoms with Crippen LogP contribution in [-0.2, 0) is 6.42 Å². The Morgan fingerprint density at radius 2 is 2.19 bits per heavy atom. The van der Waals surface area contributed by atoms with E-state index in [2.05, 4.69) is 16.0 Å². The zero-order valence-corrected chi connectivity index (χ0v) is 12.6. The van der Waals surface area contributed by atoms with Gasteiger partial charge in [0.05, 0.1) is 0 Å². The molecule has 1 unspecified atom stereocenters. The van der Waals surface area contributed by atoms with Gasteiger partial charge in [0.1, 0.15) is 5.72 Å². The zero-order valence-electron chi connectivity index (χ0n) is 12.6. The second kappa shape index (κ2) is 5.28. The van der Waals surface area contributed by atoms with E-state index in [0.717, 1.165) is 54.4 Å². The summed E-state index contributed by atoms with van der Waals surface area (Å²) in [7, 11) is 0. The predicted octanol–water partition coefficient (Wildman–Crippen LogP) is 2.18. The highest BCUT2D eigenvalue weighted by atomic mass is 16.3. The van der Waals surface area contributed by atoms with Gasteiger partial charge in [-0.25, -0.2) is 0 Å². The molecule has 1 atom stereocenters. The van der Waals surface area contributed by atoms with Gasteiger partial charge < -0.3 is 10.1 Å². The van der Waals surface area contributed by atoms with E-state index in [1.165, 1.54) is 0 Å². The number of benzene rings is 1. The van der Waals surface area contributed by atoms with Gasteiger partial charge in [-0.2, -0.15) is 0 Å². The molecule has 0 spiro atoms. The van der Waals surface area contributed by atoms with E-state index in [0.29, 0.717) is 0 Å². The van der Waals surface area contributed by atoms with Crippen molar-refractivity contribution in [1.82, 2.24) is 9.88 Å². The van der Waals surface area contributed by atoms with Crippen molar-refractivity contribution >= 4 is 10.8 Å². The summed E-state index contributed by atoms with van der Waals surface area (Å²) in [5.74, 6) is 0. The van der Waals surface area contributed by atoms with E-state index in [-0.39, 0.29) is 5.56 Å². The highest BCUT2D eigenvalue weighted by Gasteiger charge is 2.33. The minimum absolute atomic E-state index is 0.0283. The first-order chi connectivity index (χ1) is 9.97. The van der Waals surface area contributed by atoms with Crippen molar-refractivity contribution < 1.29 is 5.11 Å². The maximum atomic E-state index is 12.2. The molecular formula is C17H22N2O2. The third-order valence-corrected chi connectivity index (χ3v) is 4.57. The Kier molecular flexibility index (Phi) is 3.59. The van der Waals surface area contributed by atoms with Crippen LogP contribution in [0, 0.1) is 6.92 Å². The number of aryl methyl sites for hydroxylation is 1. The van der Waals surface area contributed by atoms with Gasteiger partial charge in [0.2, 0.25) is 0 Å². The number of hydrogen-bond donors (Lipinski definition) is 2. The lowest BCUT2D eigenvalue weighted by Gasteiger charge is -2.29. The Bertz CT molecular complexity index is 718. The van der Waals surface area contributed by atoms with Crippen LogP contribution in [0.15, 0.2) is 29.1 Å². The molecule has 1 aliphatic heterocycles. The van der Waals surface area contributed by atoms with E-state index in [4.69, 9.17) is 0 Å². The van der Waals surface area contributed by atoms with E-state index in [1.54, 1.807) is 0 Å². The molecule has 1 aromatic heterocycles. The first-order valence-corrected chi connectivity index (χ1v) is 7.56.